The first-order chi connectivity index (χ1) is 17.1. The highest BCUT2D eigenvalue weighted by Crippen LogP contribution is 2.36. The minimum atomic E-state index is -0.0581. The maximum Gasteiger partial charge on any atom is 0.254 e. The van der Waals surface area contributed by atoms with E-state index in [1.807, 2.05) is 24.5 Å². The highest BCUT2D eigenvalue weighted by molar-refractivity contribution is 5.96. The number of aromatic amines is 1. The highest BCUT2D eigenvalue weighted by Gasteiger charge is 2.24. The van der Waals surface area contributed by atoms with E-state index < -0.39 is 0 Å². The third-order valence-electron chi connectivity index (χ3n) is 7.13. The molecule has 2 N–H and O–H groups in total. The Morgan fingerprint density at radius 2 is 2.03 bits per heavy atom. The molecule has 0 unspecified atom stereocenters. The Labute approximate surface area is 204 Å². The third kappa shape index (κ3) is 4.00. The number of H-pyrrole nitrogens is 1. The Balaban J connectivity index is 1.41. The topological polar surface area (TPSA) is 83.1 Å². The summed E-state index contributed by atoms with van der Waals surface area (Å²) in [5.74, 6) is -0.0581. The van der Waals surface area contributed by atoms with E-state index in [4.69, 9.17) is 9.72 Å². The fourth-order valence-corrected chi connectivity index (χ4v) is 5.25. The van der Waals surface area contributed by atoms with Gasteiger partial charge in [-0.15, -0.1) is 0 Å². The Hall–Kier alpha value is -3.55. The van der Waals surface area contributed by atoms with Crippen molar-refractivity contribution in [1.82, 2.24) is 25.2 Å². The Morgan fingerprint density at radius 1 is 1.11 bits per heavy atom. The van der Waals surface area contributed by atoms with Crippen molar-refractivity contribution < 1.29 is 9.53 Å². The van der Waals surface area contributed by atoms with E-state index in [0.29, 0.717) is 18.2 Å². The fraction of sp³-hybridized carbons (Fsp3) is 0.321. The number of benzene rings is 1. The zero-order valence-corrected chi connectivity index (χ0v) is 20.1. The van der Waals surface area contributed by atoms with Crippen LogP contribution >= 0.6 is 0 Å². The second-order valence-corrected chi connectivity index (χ2v) is 9.61. The molecule has 7 nitrogen and oxygen atoms in total. The van der Waals surface area contributed by atoms with Crippen LogP contribution in [-0.2, 0) is 17.8 Å². The number of hydrogen-bond acceptors (Lipinski definition) is 5. The van der Waals surface area contributed by atoms with E-state index in [-0.39, 0.29) is 5.91 Å². The van der Waals surface area contributed by atoms with Crippen LogP contribution in [0.2, 0.25) is 0 Å². The van der Waals surface area contributed by atoms with Gasteiger partial charge < -0.3 is 19.9 Å². The van der Waals surface area contributed by atoms with Gasteiger partial charge in [-0.1, -0.05) is 6.07 Å². The number of carbonyl (C=O) groups is 1. The lowest BCUT2D eigenvalue weighted by atomic mass is 9.88. The standard InChI is InChI=1S/C28H29N5O2/c1-33(2)28(34)18-5-6-26(30-13-18)23-15-32-27-22(23)12-20(14-31-27)19-10-17-7-9-35-16-24(17)21(11-19)25-4-3-8-29-25/h5-6,10-15,25,29H,3-4,7-9,16H2,1-2H3,(H,31,32)/t25-/m0/s1. The first kappa shape index (κ1) is 21.9. The van der Waals surface area contributed by atoms with E-state index in [0.717, 1.165) is 53.8 Å². The Kier molecular flexibility index (Phi) is 5.59. The minimum absolute atomic E-state index is 0.0581. The van der Waals surface area contributed by atoms with E-state index >= 15 is 0 Å². The molecule has 1 saturated heterocycles. The number of amides is 1. The van der Waals surface area contributed by atoms with E-state index in [1.54, 1.807) is 25.2 Å². The summed E-state index contributed by atoms with van der Waals surface area (Å²) in [5, 5.41) is 4.68. The molecule has 4 aromatic rings. The molecule has 7 heteroatoms. The van der Waals surface area contributed by atoms with Crippen LogP contribution in [-0.4, -0.2) is 53.0 Å². The zero-order valence-electron chi connectivity index (χ0n) is 20.1. The number of carbonyl (C=O) groups excluding carboxylic acids is 1. The number of hydrogen-bond donors (Lipinski definition) is 2. The highest BCUT2D eigenvalue weighted by atomic mass is 16.5. The normalized spacial score (nSPS) is 17.5. The summed E-state index contributed by atoms with van der Waals surface area (Å²) in [5.41, 5.74) is 9.56. The first-order valence-corrected chi connectivity index (χ1v) is 12.2. The summed E-state index contributed by atoms with van der Waals surface area (Å²) in [6.07, 6.45) is 8.83. The average molecular weight is 468 g/mol. The van der Waals surface area contributed by atoms with Gasteiger partial charge in [0.15, 0.2) is 0 Å². The molecule has 0 saturated carbocycles. The van der Waals surface area contributed by atoms with Gasteiger partial charge in [-0.05, 0) is 72.3 Å². The molecule has 5 heterocycles. The number of pyridine rings is 2. The van der Waals surface area contributed by atoms with Crippen molar-refractivity contribution in [2.24, 2.45) is 0 Å². The third-order valence-corrected chi connectivity index (χ3v) is 7.13. The fourth-order valence-electron chi connectivity index (χ4n) is 5.25. The van der Waals surface area contributed by atoms with Crippen LogP contribution in [0.15, 0.2) is 48.9 Å². The maximum atomic E-state index is 12.2. The first-order valence-electron chi connectivity index (χ1n) is 12.2. The van der Waals surface area contributed by atoms with Gasteiger partial charge in [-0.2, -0.15) is 0 Å². The van der Waals surface area contributed by atoms with Crippen molar-refractivity contribution in [1.29, 1.82) is 0 Å². The second kappa shape index (κ2) is 8.91. The molecule has 0 radical (unpaired) electrons. The van der Waals surface area contributed by atoms with Gasteiger partial charge in [0.2, 0.25) is 0 Å². The molecular weight excluding hydrogens is 438 g/mol. The zero-order chi connectivity index (χ0) is 23.9. The van der Waals surface area contributed by atoms with Gasteiger partial charge in [0.25, 0.3) is 5.91 Å². The Morgan fingerprint density at radius 3 is 2.80 bits per heavy atom. The van der Waals surface area contributed by atoms with E-state index in [1.165, 1.54) is 28.7 Å². The van der Waals surface area contributed by atoms with Crippen molar-refractivity contribution in [2.75, 3.05) is 27.2 Å². The van der Waals surface area contributed by atoms with Gasteiger partial charge in [0, 0.05) is 55.2 Å². The largest absolute Gasteiger partial charge is 0.376 e. The van der Waals surface area contributed by atoms with Crippen molar-refractivity contribution >= 4 is 16.9 Å². The number of nitrogens with one attached hydrogen (secondary N) is 2. The predicted octanol–water partition coefficient (Wildman–Crippen LogP) is 4.49. The molecule has 1 atom stereocenters. The van der Waals surface area contributed by atoms with Crippen LogP contribution in [0.1, 0.15) is 45.9 Å². The lowest BCUT2D eigenvalue weighted by molar-refractivity contribution is 0.0827. The molecule has 6 rings (SSSR count). The van der Waals surface area contributed by atoms with E-state index in [9.17, 15) is 4.79 Å². The van der Waals surface area contributed by atoms with Gasteiger partial charge in [-0.3, -0.25) is 9.78 Å². The SMILES string of the molecule is CN(C)C(=O)c1ccc(-c2c[nH]c3ncc(-c4cc5c(c([C@@H]6CCCN6)c4)COCC5)cc23)nc1. The molecule has 1 amide bonds. The molecule has 2 aliphatic heterocycles. The molecule has 178 valence electrons. The smallest absolute Gasteiger partial charge is 0.254 e. The van der Waals surface area contributed by atoms with Crippen LogP contribution in [0.3, 0.4) is 0 Å². The molecule has 35 heavy (non-hydrogen) atoms. The van der Waals surface area contributed by atoms with Gasteiger partial charge in [0.1, 0.15) is 5.65 Å². The van der Waals surface area contributed by atoms with Crippen molar-refractivity contribution in [3.8, 4) is 22.4 Å². The van der Waals surface area contributed by atoms with Gasteiger partial charge in [-0.25, -0.2) is 4.98 Å². The second-order valence-electron chi connectivity index (χ2n) is 9.61. The molecular formula is C28H29N5O2. The monoisotopic (exact) mass is 467 g/mol. The van der Waals surface area contributed by atoms with Crippen molar-refractivity contribution in [3.05, 3.63) is 71.2 Å². The van der Waals surface area contributed by atoms with Crippen LogP contribution in [0.5, 0.6) is 0 Å². The Bertz CT molecular complexity index is 1400. The molecule has 1 aromatic carbocycles. The van der Waals surface area contributed by atoms with Gasteiger partial charge >= 0.3 is 0 Å². The summed E-state index contributed by atoms with van der Waals surface area (Å²) in [6.45, 7) is 2.53. The van der Waals surface area contributed by atoms with Crippen LogP contribution < -0.4 is 5.32 Å². The number of rotatable bonds is 4. The molecule has 0 spiro atoms. The number of nitrogens with zero attached hydrogens (tertiary/aromatic N) is 3. The van der Waals surface area contributed by atoms with Crippen molar-refractivity contribution in [2.45, 2.75) is 31.9 Å². The quantitative estimate of drug-likeness (QED) is 0.462. The van der Waals surface area contributed by atoms with E-state index in [2.05, 4.69) is 33.5 Å². The summed E-state index contributed by atoms with van der Waals surface area (Å²) in [4.78, 5) is 26.4. The molecule has 1 fully saturated rings. The average Bonchev–Trinajstić information content (AvgIpc) is 3.58. The summed E-state index contributed by atoms with van der Waals surface area (Å²) in [6, 6.07) is 10.9. The molecule has 3 aromatic heterocycles. The number of aromatic nitrogens is 3. The van der Waals surface area contributed by atoms with Crippen molar-refractivity contribution in [3.63, 3.8) is 0 Å². The number of fused-ring (bicyclic) bond motifs is 2. The summed E-state index contributed by atoms with van der Waals surface area (Å²) in [7, 11) is 3.48. The summed E-state index contributed by atoms with van der Waals surface area (Å²) < 4.78 is 5.81. The van der Waals surface area contributed by atoms with Gasteiger partial charge in [0.05, 0.1) is 24.5 Å². The predicted molar refractivity (Wildman–Crippen MR) is 136 cm³/mol. The van der Waals surface area contributed by atoms with Crippen LogP contribution in [0.25, 0.3) is 33.4 Å². The lowest BCUT2D eigenvalue weighted by Gasteiger charge is -2.24. The molecule has 2 aliphatic rings. The minimum Gasteiger partial charge on any atom is -0.376 e. The van der Waals surface area contributed by atoms with Crippen LogP contribution in [0, 0.1) is 0 Å². The molecule has 0 aliphatic carbocycles. The maximum absolute atomic E-state index is 12.2. The van der Waals surface area contributed by atoms with Crippen LogP contribution in [0.4, 0.5) is 0 Å². The lowest BCUT2D eigenvalue weighted by Crippen LogP contribution is -2.21. The number of ether oxygens (including phenoxy) is 1. The summed E-state index contributed by atoms with van der Waals surface area (Å²) >= 11 is 0. The molecule has 0 bridgehead atoms.